The molecule has 0 saturated heterocycles. The van der Waals surface area contributed by atoms with E-state index in [-0.39, 0.29) is 47.7 Å². The summed E-state index contributed by atoms with van der Waals surface area (Å²) in [5, 5.41) is 10.9. The first-order valence-corrected chi connectivity index (χ1v) is 19.2. The molecule has 0 aliphatic heterocycles. The molecule has 0 radical (unpaired) electrons. The highest BCUT2D eigenvalue weighted by Crippen LogP contribution is 2.71. The van der Waals surface area contributed by atoms with E-state index in [0.29, 0.717) is 12.0 Å². The molecule has 5 amide bonds. The molecule has 0 heterocycles. The molecule has 3 fully saturated rings. The van der Waals surface area contributed by atoms with Gasteiger partial charge in [-0.1, -0.05) is 84.2 Å². The second-order valence-electron chi connectivity index (χ2n) is 18.3. The molecule has 13 nitrogen and oxygen atoms in total. The number of carbonyl (C=O) groups excluding carboxylic acids is 7. The number of alkyl carbamates (subject to hydrolysis) is 1. The second-order valence-corrected chi connectivity index (χ2v) is 18.3. The third-order valence-electron chi connectivity index (χ3n) is 11.4. The number of hydrogen-bond acceptors (Lipinski definition) is 8. The molecule has 7 atom stereocenters. The van der Waals surface area contributed by atoms with Gasteiger partial charge in [-0.2, -0.15) is 0 Å². The van der Waals surface area contributed by atoms with E-state index in [9.17, 15) is 33.6 Å². The van der Waals surface area contributed by atoms with Gasteiger partial charge in [-0.3, -0.25) is 28.8 Å². The van der Waals surface area contributed by atoms with Crippen molar-refractivity contribution in [3.05, 3.63) is 35.9 Å². The van der Waals surface area contributed by atoms with Crippen molar-refractivity contribution in [2.24, 2.45) is 40.4 Å². The monoisotopic (exact) mass is 751 g/mol. The van der Waals surface area contributed by atoms with Gasteiger partial charge >= 0.3 is 6.09 Å². The fourth-order valence-electron chi connectivity index (χ4n) is 8.12. The Bertz CT molecular complexity index is 1590. The maximum Gasteiger partial charge on any atom is 0.408 e. The molecule has 3 aliphatic rings. The summed E-state index contributed by atoms with van der Waals surface area (Å²) in [6, 6.07) is 6.27. The van der Waals surface area contributed by atoms with Gasteiger partial charge in [0.2, 0.25) is 23.5 Å². The number of Topliss-reactive ketones (excluding diaryl/α,β-unsaturated/α-hetero) is 2. The molecule has 0 aromatic heterocycles. The van der Waals surface area contributed by atoms with E-state index in [1.165, 1.54) is 4.90 Å². The summed E-state index contributed by atoms with van der Waals surface area (Å²) in [4.78, 5) is 95.4. The van der Waals surface area contributed by atoms with Crippen LogP contribution in [0, 0.1) is 40.4 Å². The average Bonchev–Trinajstić information content (AvgIpc) is 3.35. The molecule has 4 N–H and O–H groups in total. The number of ketones is 2. The van der Waals surface area contributed by atoms with Crippen molar-refractivity contribution < 1.29 is 38.3 Å². The molecule has 1 aromatic carbocycles. The third-order valence-corrected chi connectivity index (χ3v) is 11.4. The smallest absolute Gasteiger partial charge is 0.408 e. The lowest BCUT2D eigenvalue weighted by molar-refractivity contribution is -0.142. The maximum atomic E-state index is 14.3. The van der Waals surface area contributed by atoms with E-state index < -0.39 is 77.1 Å². The summed E-state index contributed by atoms with van der Waals surface area (Å²) in [5.74, 6) is -4.69. The molecule has 1 unspecified atom stereocenters. The van der Waals surface area contributed by atoms with Crippen molar-refractivity contribution in [3.8, 4) is 0 Å². The van der Waals surface area contributed by atoms with Crippen molar-refractivity contribution in [3.63, 3.8) is 0 Å². The van der Waals surface area contributed by atoms with Crippen molar-refractivity contribution >= 4 is 41.3 Å². The van der Waals surface area contributed by atoms with Gasteiger partial charge in [-0.25, -0.2) is 4.79 Å². The van der Waals surface area contributed by atoms with Gasteiger partial charge in [0.1, 0.15) is 5.60 Å². The first-order valence-electron chi connectivity index (χ1n) is 19.2. The summed E-state index contributed by atoms with van der Waals surface area (Å²) in [6.45, 7) is 14.4. The van der Waals surface area contributed by atoms with Crippen LogP contribution in [-0.4, -0.2) is 84.5 Å². The number of fused-ring (bicyclic) bond motifs is 1. The lowest BCUT2D eigenvalue weighted by atomic mass is 9.74. The van der Waals surface area contributed by atoms with E-state index in [2.05, 4.69) is 35.1 Å². The molecule has 3 aliphatic carbocycles. The Labute approximate surface area is 319 Å². The lowest BCUT2D eigenvalue weighted by Gasteiger charge is -2.36. The van der Waals surface area contributed by atoms with Crippen LogP contribution >= 0.6 is 0 Å². The van der Waals surface area contributed by atoms with Crippen LogP contribution in [0.25, 0.3) is 0 Å². The van der Waals surface area contributed by atoms with Gasteiger partial charge in [0.05, 0.1) is 37.0 Å². The minimum Gasteiger partial charge on any atom is -0.444 e. The van der Waals surface area contributed by atoms with Crippen molar-refractivity contribution in [2.45, 2.75) is 118 Å². The average molecular weight is 752 g/mol. The molecule has 4 rings (SSSR count). The highest BCUT2D eigenvalue weighted by Gasteiger charge is 2.70. The van der Waals surface area contributed by atoms with E-state index in [1.54, 1.807) is 59.1 Å². The SMILES string of the molecule is CN(C)C(=O)C[C@@H](NC(=O)CNC(=O)C(=O)[C@H](CC1CCC1)NC(=O)[C@H]1C(C(=O)[C@@H](NC(=O)OC(C)(C)C)C(C)(C)C)C[C@H]2[C@@H]1C2(C)C)c1ccccc1. The number of carbonyl (C=O) groups is 7. The Balaban J connectivity index is 1.47. The number of ether oxygens (including phenoxy) is 1. The summed E-state index contributed by atoms with van der Waals surface area (Å²) < 4.78 is 5.47. The molecule has 298 valence electrons. The highest BCUT2D eigenvalue weighted by molar-refractivity contribution is 6.38. The molecule has 1 aromatic rings. The molecule has 0 spiro atoms. The van der Waals surface area contributed by atoms with Crippen molar-refractivity contribution in [2.75, 3.05) is 20.6 Å². The van der Waals surface area contributed by atoms with Gasteiger partial charge in [-0.15, -0.1) is 0 Å². The van der Waals surface area contributed by atoms with Crippen LogP contribution in [0.4, 0.5) is 4.79 Å². The second kappa shape index (κ2) is 16.6. The molecule has 3 saturated carbocycles. The van der Waals surface area contributed by atoms with Crippen LogP contribution in [0.1, 0.15) is 106 Å². The van der Waals surface area contributed by atoms with E-state index >= 15 is 0 Å². The zero-order valence-corrected chi connectivity index (χ0v) is 33.7. The summed E-state index contributed by atoms with van der Waals surface area (Å²) in [7, 11) is 3.25. The number of rotatable bonds is 15. The quantitative estimate of drug-likeness (QED) is 0.194. The van der Waals surface area contributed by atoms with Crippen LogP contribution in [0.5, 0.6) is 0 Å². The fourth-order valence-corrected chi connectivity index (χ4v) is 8.12. The topological polar surface area (TPSA) is 180 Å². The Hall–Kier alpha value is -4.29. The van der Waals surface area contributed by atoms with E-state index in [0.717, 1.165) is 19.3 Å². The Kier molecular flexibility index (Phi) is 13.1. The van der Waals surface area contributed by atoms with Crippen LogP contribution < -0.4 is 21.3 Å². The molecular weight excluding hydrogens is 690 g/mol. The van der Waals surface area contributed by atoms with Crippen molar-refractivity contribution in [1.29, 1.82) is 0 Å². The fraction of sp³-hybridized carbons (Fsp3) is 0.683. The Morgan fingerprint density at radius 1 is 0.907 bits per heavy atom. The minimum atomic E-state index is -1.14. The minimum absolute atomic E-state index is 0.00199. The number of nitrogens with zero attached hydrogens (tertiary/aromatic N) is 1. The number of amides is 5. The molecule has 54 heavy (non-hydrogen) atoms. The normalized spacial score (nSPS) is 23.3. The van der Waals surface area contributed by atoms with Crippen LogP contribution in [0.3, 0.4) is 0 Å². The Morgan fingerprint density at radius 2 is 1.54 bits per heavy atom. The van der Waals surface area contributed by atoms with Crippen LogP contribution in [0.2, 0.25) is 0 Å². The van der Waals surface area contributed by atoms with E-state index in [4.69, 9.17) is 4.74 Å². The number of benzene rings is 1. The molecular formula is C41H61N5O8. The van der Waals surface area contributed by atoms with Crippen LogP contribution in [0.15, 0.2) is 30.3 Å². The van der Waals surface area contributed by atoms with Gasteiger partial charge in [-0.05, 0) is 67.8 Å². The highest BCUT2D eigenvalue weighted by atomic mass is 16.6. The molecule has 0 bridgehead atoms. The zero-order chi connectivity index (χ0) is 40.3. The Morgan fingerprint density at radius 3 is 2.07 bits per heavy atom. The van der Waals surface area contributed by atoms with Gasteiger partial charge in [0, 0.05) is 20.0 Å². The number of nitrogens with one attached hydrogen (secondary N) is 4. The predicted molar refractivity (Wildman–Crippen MR) is 203 cm³/mol. The summed E-state index contributed by atoms with van der Waals surface area (Å²) in [5.41, 5.74) is -0.938. The van der Waals surface area contributed by atoms with Crippen LogP contribution in [-0.2, 0) is 33.5 Å². The number of hydrogen-bond donors (Lipinski definition) is 4. The standard InChI is InChI=1S/C41H61N5O8/c1-39(2,3)35(45-38(53)54-40(4,5)6)33(49)25-20-26-32(41(26,7)8)31(25)36(51)44-28(19-23-15-14-16-23)34(50)37(52)42-22-29(47)43-27(21-30(48)46(9)10)24-17-12-11-13-18-24/h11-13,17-18,23,25-28,31-32,35H,14-16,19-22H2,1-10H3,(H,42,52)(H,43,47)(H,44,51)(H,45,53)/t25?,26-,27+,28-,31-,32-,35+/m0/s1. The summed E-state index contributed by atoms with van der Waals surface area (Å²) >= 11 is 0. The summed E-state index contributed by atoms with van der Waals surface area (Å²) in [6.07, 6.45) is 2.73. The maximum absolute atomic E-state index is 14.3. The predicted octanol–water partition coefficient (Wildman–Crippen LogP) is 4.10. The van der Waals surface area contributed by atoms with Gasteiger partial charge in [0.15, 0.2) is 5.78 Å². The largest absolute Gasteiger partial charge is 0.444 e. The van der Waals surface area contributed by atoms with Gasteiger partial charge in [0.25, 0.3) is 5.91 Å². The van der Waals surface area contributed by atoms with Gasteiger partial charge < -0.3 is 30.9 Å². The third kappa shape index (κ3) is 10.5. The lowest BCUT2D eigenvalue weighted by Crippen LogP contribution is -2.55. The first kappa shape index (κ1) is 42.5. The molecule has 13 heteroatoms. The first-order chi connectivity index (χ1) is 25.0. The van der Waals surface area contributed by atoms with E-state index in [1.807, 2.05) is 26.8 Å². The van der Waals surface area contributed by atoms with Crippen molar-refractivity contribution in [1.82, 2.24) is 26.2 Å². The zero-order valence-electron chi connectivity index (χ0n) is 33.7.